The van der Waals surface area contributed by atoms with Gasteiger partial charge in [-0.25, -0.2) is 0 Å². The second-order valence-electron chi connectivity index (χ2n) is 6.64. The highest BCUT2D eigenvalue weighted by atomic mass is 31.2. The Balaban J connectivity index is 2.82. The summed E-state index contributed by atoms with van der Waals surface area (Å²) in [6.45, 7) is 11.1. The number of hydrogen-bond donors (Lipinski definition) is 0. The van der Waals surface area contributed by atoms with Gasteiger partial charge in [0, 0.05) is 14.2 Å². The maximum Gasteiger partial charge on any atom is 0.334 e. The molecule has 0 heterocycles. The van der Waals surface area contributed by atoms with Crippen LogP contribution in [0.5, 0.6) is 5.75 Å². The predicted octanol–water partition coefficient (Wildman–Crippen LogP) is 5.06. The molecule has 0 amide bonds. The van der Waals surface area contributed by atoms with Crippen LogP contribution >= 0.6 is 7.60 Å². The molecule has 21 heavy (non-hydrogen) atoms. The van der Waals surface area contributed by atoms with Gasteiger partial charge >= 0.3 is 7.60 Å². The van der Waals surface area contributed by atoms with Crippen molar-refractivity contribution < 1.29 is 18.0 Å². The first-order valence-corrected chi connectivity index (χ1v) is 11.6. The summed E-state index contributed by atoms with van der Waals surface area (Å²) in [5.74, 6) is 0.856. The highest BCUT2D eigenvalue weighted by Gasteiger charge is 2.38. The van der Waals surface area contributed by atoms with Gasteiger partial charge in [0.2, 0.25) is 8.32 Å². The van der Waals surface area contributed by atoms with Crippen LogP contribution in [0, 0.1) is 0 Å². The third-order valence-electron chi connectivity index (χ3n) is 4.04. The molecule has 0 radical (unpaired) electrons. The van der Waals surface area contributed by atoms with Gasteiger partial charge in [0.1, 0.15) is 5.75 Å². The first kappa shape index (κ1) is 18.4. The first-order chi connectivity index (χ1) is 9.53. The normalized spacial score (nSPS) is 13.3. The van der Waals surface area contributed by atoms with Gasteiger partial charge in [0.25, 0.3) is 0 Å². The van der Waals surface area contributed by atoms with Gasteiger partial charge in [0.05, 0.1) is 6.16 Å². The van der Waals surface area contributed by atoms with E-state index in [1.54, 1.807) is 0 Å². The lowest BCUT2D eigenvalue weighted by atomic mass is 10.2. The van der Waals surface area contributed by atoms with Gasteiger partial charge in [0.15, 0.2) is 0 Å². The van der Waals surface area contributed by atoms with E-state index in [2.05, 4.69) is 33.9 Å². The quantitative estimate of drug-likeness (QED) is 0.540. The van der Waals surface area contributed by atoms with Gasteiger partial charge in [-0.3, -0.25) is 4.57 Å². The van der Waals surface area contributed by atoms with E-state index in [0.717, 1.165) is 11.3 Å². The maximum absolute atomic E-state index is 12.1. The topological polar surface area (TPSA) is 44.8 Å². The molecule has 1 rings (SSSR count). The van der Waals surface area contributed by atoms with Crippen LogP contribution in [0.3, 0.4) is 0 Å². The van der Waals surface area contributed by atoms with Crippen molar-refractivity contribution in [2.75, 3.05) is 14.2 Å². The molecule has 0 aliphatic rings. The Morgan fingerprint density at radius 3 is 1.90 bits per heavy atom. The fourth-order valence-electron chi connectivity index (χ4n) is 1.54. The zero-order chi connectivity index (χ0) is 16.3. The third kappa shape index (κ3) is 4.96. The van der Waals surface area contributed by atoms with Crippen LogP contribution in [0.1, 0.15) is 26.3 Å². The summed E-state index contributed by atoms with van der Waals surface area (Å²) < 4.78 is 28.2. The molecular formula is C15H27O4PSi. The highest BCUT2D eigenvalue weighted by Crippen LogP contribution is 2.49. The fraction of sp³-hybridized carbons (Fsp3) is 0.600. The molecular weight excluding hydrogens is 303 g/mol. The van der Waals surface area contributed by atoms with Crippen molar-refractivity contribution in [1.29, 1.82) is 0 Å². The third-order valence-corrected chi connectivity index (χ3v) is 10.3. The van der Waals surface area contributed by atoms with Crippen molar-refractivity contribution in [3.05, 3.63) is 29.8 Å². The number of rotatable bonds is 6. The molecule has 0 fully saturated rings. The minimum Gasteiger partial charge on any atom is -0.544 e. The molecule has 6 heteroatoms. The van der Waals surface area contributed by atoms with Gasteiger partial charge in [-0.2, -0.15) is 0 Å². The Morgan fingerprint density at radius 1 is 1.05 bits per heavy atom. The van der Waals surface area contributed by atoms with E-state index in [9.17, 15) is 4.57 Å². The van der Waals surface area contributed by atoms with Gasteiger partial charge < -0.3 is 13.5 Å². The van der Waals surface area contributed by atoms with Crippen LogP contribution in [-0.4, -0.2) is 22.5 Å². The Labute approximate surface area is 129 Å². The average Bonchev–Trinajstić information content (AvgIpc) is 2.39. The van der Waals surface area contributed by atoms with Crippen molar-refractivity contribution in [2.24, 2.45) is 0 Å². The van der Waals surface area contributed by atoms with Gasteiger partial charge in [-0.05, 0) is 35.8 Å². The van der Waals surface area contributed by atoms with Crippen molar-refractivity contribution in [3.8, 4) is 5.75 Å². The average molecular weight is 330 g/mol. The van der Waals surface area contributed by atoms with E-state index >= 15 is 0 Å². The van der Waals surface area contributed by atoms with Crippen LogP contribution in [0.2, 0.25) is 18.1 Å². The number of hydrogen-bond acceptors (Lipinski definition) is 4. The van der Waals surface area contributed by atoms with Gasteiger partial charge in [-0.15, -0.1) is 0 Å². The summed E-state index contributed by atoms with van der Waals surface area (Å²) in [5, 5.41) is 0.160. The molecule has 4 nitrogen and oxygen atoms in total. The minimum atomic E-state index is -3.02. The fourth-order valence-corrected chi connectivity index (χ4v) is 3.63. The molecule has 0 unspecified atom stereocenters. The predicted molar refractivity (Wildman–Crippen MR) is 89.6 cm³/mol. The maximum atomic E-state index is 12.1. The summed E-state index contributed by atoms with van der Waals surface area (Å²) in [6.07, 6.45) is 0.264. The van der Waals surface area contributed by atoms with E-state index in [1.165, 1.54) is 14.2 Å². The lowest BCUT2D eigenvalue weighted by Gasteiger charge is -2.36. The monoisotopic (exact) mass is 330 g/mol. The van der Waals surface area contributed by atoms with E-state index in [0.29, 0.717) is 0 Å². The summed E-state index contributed by atoms with van der Waals surface area (Å²) in [7, 11) is -2.04. The van der Waals surface area contributed by atoms with Crippen molar-refractivity contribution in [1.82, 2.24) is 0 Å². The SMILES string of the molecule is COP(=O)(Cc1ccc(O[Si](C)(C)C(C)(C)C)cc1)OC. The molecule has 120 valence electrons. The van der Waals surface area contributed by atoms with E-state index in [-0.39, 0.29) is 11.2 Å². The Kier molecular flexibility index (Phi) is 5.84. The Hall–Kier alpha value is -0.613. The van der Waals surface area contributed by atoms with Crippen LogP contribution in [0.15, 0.2) is 24.3 Å². The minimum absolute atomic E-state index is 0.160. The first-order valence-electron chi connectivity index (χ1n) is 7.01. The standard InChI is InChI=1S/C15H27O4PSi/c1-15(2,3)21(6,7)19-14-10-8-13(9-11-14)12-20(16,17-4)18-5/h8-11H,12H2,1-7H3. The molecule has 0 saturated carbocycles. The van der Waals surface area contributed by atoms with Crippen LogP contribution in [-0.2, 0) is 19.8 Å². The number of benzene rings is 1. The molecule has 0 aliphatic carbocycles. The summed E-state index contributed by atoms with van der Waals surface area (Å²) in [6, 6.07) is 7.66. The lowest BCUT2D eigenvalue weighted by Crippen LogP contribution is -2.43. The van der Waals surface area contributed by atoms with Crippen molar-refractivity contribution in [3.63, 3.8) is 0 Å². The zero-order valence-corrected chi connectivity index (χ0v) is 16.0. The molecule has 0 saturated heterocycles. The molecule has 0 aromatic heterocycles. The smallest absolute Gasteiger partial charge is 0.334 e. The molecule has 0 aliphatic heterocycles. The van der Waals surface area contributed by atoms with E-state index in [1.807, 2.05) is 24.3 Å². The summed E-state index contributed by atoms with van der Waals surface area (Å²) >= 11 is 0. The Bertz CT molecular complexity index is 497. The van der Waals surface area contributed by atoms with Crippen LogP contribution in [0.25, 0.3) is 0 Å². The van der Waals surface area contributed by atoms with Crippen molar-refractivity contribution >= 4 is 15.9 Å². The summed E-state index contributed by atoms with van der Waals surface area (Å²) in [4.78, 5) is 0. The molecule has 1 aromatic rings. The second kappa shape index (κ2) is 6.65. The largest absolute Gasteiger partial charge is 0.544 e. The molecule has 0 bridgehead atoms. The zero-order valence-electron chi connectivity index (χ0n) is 14.1. The molecule has 0 spiro atoms. The lowest BCUT2D eigenvalue weighted by molar-refractivity contribution is 0.275. The molecule has 0 atom stereocenters. The second-order valence-corrected chi connectivity index (χ2v) is 13.6. The van der Waals surface area contributed by atoms with Crippen LogP contribution in [0.4, 0.5) is 0 Å². The highest BCUT2D eigenvalue weighted by molar-refractivity contribution is 7.52. The van der Waals surface area contributed by atoms with Crippen LogP contribution < -0.4 is 4.43 Å². The van der Waals surface area contributed by atoms with Crippen molar-refractivity contribution in [2.45, 2.75) is 45.1 Å². The van der Waals surface area contributed by atoms with E-state index < -0.39 is 15.9 Å². The van der Waals surface area contributed by atoms with E-state index in [4.69, 9.17) is 13.5 Å². The summed E-state index contributed by atoms with van der Waals surface area (Å²) in [5.41, 5.74) is 0.907. The molecule has 1 aromatic carbocycles. The Morgan fingerprint density at radius 2 is 1.52 bits per heavy atom. The van der Waals surface area contributed by atoms with Gasteiger partial charge in [-0.1, -0.05) is 32.9 Å². The molecule has 0 N–H and O–H groups in total.